The van der Waals surface area contributed by atoms with Crippen molar-refractivity contribution in [2.45, 2.75) is 77.5 Å². The van der Waals surface area contributed by atoms with Gasteiger partial charge in [-0.3, -0.25) is 0 Å². The Morgan fingerprint density at radius 1 is 0.857 bits per heavy atom. The maximum Gasteiger partial charge on any atom is 0.157 e. The molecule has 3 heterocycles. The van der Waals surface area contributed by atoms with Crippen molar-refractivity contribution in [3.05, 3.63) is 11.1 Å². The van der Waals surface area contributed by atoms with E-state index in [1.54, 1.807) is 10.9 Å². The number of hydrogen-bond donors (Lipinski definition) is 0. The molecule has 2 saturated heterocycles. The van der Waals surface area contributed by atoms with Gasteiger partial charge in [-0.25, -0.2) is 0 Å². The minimum Gasteiger partial charge on any atom is -0.353 e. The summed E-state index contributed by atoms with van der Waals surface area (Å²) in [6, 6.07) is 0. The van der Waals surface area contributed by atoms with Crippen molar-refractivity contribution >= 4 is 21.4 Å². The molecule has 3 aliphatic heterocycles. The molecule has 0 spiro atoms. The van der Waals surface area contributed by atoms with Crippen molar-refractivity contribution in [2.24, 2.45) is 0 Å². The van der Waals surface area contributed by atoms with Gasteiger partial charge in [0.05, 0.1) is 26.4 Å². The van der Waals surface area contributed by atoms with E-state index in [1.165, 1.54) is 38.7 Å². The van der Waals surface area contributed by atoms with Gasteiger partial charge < -0.3 is 18.9 Å². The van der Waals surface area contributed by atoms with Crippen LogP contribution in [0, 0.1) is 0 Å². The van der Waals surface area contributed by atoms with Gasteiger partial charge in [0.25, 0.3) is 0 Å². The highest BCUT2D eigenvalue weighted by Crippen LogP contribution is 2.48. The second-order valence-corrected chi connectivity index (χ2v) is 13.0. The molecule has 1 atom stereocenters. The third-order valence-electron chi connectivity index (χ3n) is 6.40. The van der Waals surface area contributed by atoms with E-state index in [0.29, 0.717) is 5.16 Å². The van der Waals surface area contributed by atoms with Gasteiger partial charge in [-0.2, -0.15) is 0 Å². The van der Waals surface area contributed by atoms with E-state index in [2.05, 4.69) is 27.7 Å². The van der Waals surface area contributed by atoms with Crippen molar-refractivity contribution in [3.63, 3.8) is 0 Å². The lowest BCUT2D eigenvalue weighted by atomic mass is 9.94. The second kappa shape index (κ2) is 11.0. The topological polar surface area (TPSA) is 36.9 Å². The summed E-state index contributed by atoms with van der Waals surface area (Å²) in [5.74, 6) is 0. The Morgan fingerprint density at radius 2 is 1.36 bits per heavy atom. The predicted octanol–water partition coefficient (Wildman–Crippen LogP) is 5.41. The Labute approximate surface area is 174 Å². The summed E-state index contributed by atoms with van der Waals surface area (Å²) in [4.78, 5) is 0. The van der Waals surface area contributed by atoms with Crippen molar-refractivity contribution in [3.8, 4) is 0 Å². The highest BCUT2D eigenvalue weighted by atomic mass is 31.1. The first-order valence-electron chi connectivity index (χ1n) is 10.9. The summed E-state index contributed by atoms with van der Waals surface area (Å²) >= 11 is 0. The minimum absolute atomic E-state index is 0.0144. The van der Waals surface area contributed by atoms with Crippen molar-refractivity contribution in [2.75, 3.05) is 44.9 Å². The Balaban J connectivity index is 1.53. The summed E-state index contributed by atoms with van der Waals surface area (Å²) in [6.07, 6.45) is 9.20. The maximum absolute atomic E-state index is 5.79. The highest BCUT2D eigenvalue weighted by molar-refractivity contribution is 7.57. The van der Waals surface area contributed by atoms with Gasteiger partial charge in [-0.1, -0.05) is 13.8 Å². The van der Waals surface area contributed by atoms with Crippen LogP contribution < -0.4 is 0 Å². The molecule has 0 radical (unpaired) electrons. The average Bonchev–Trinajstić information content (AvgIpc) is 2.92. The third kappa shape index (κ3) is 6.34. The first kappa shape index (κ1) is 22.9. The third-order valence-corrected chi connectivity index (χ3v) is 10.8. The van der Waals surface area contributed by atoms with Crippen molar-refractivity contribution in [1.82, 2.24) is 0 Å². The number of hydrogen-bond acceptors (Lipinski definition) is 4. The van der Waals surface area contributed by atoms with Crippen LogP contribution in [0.1, 0.15) is 59.8 Å². The summed E-state index contributed by atoms with van der Waals surface area (Å²) in [5.41, 5.74) is 3.13. The molecular weight excluding hydrogens is 390 g/mol. The van der Waals surface area contributed by atoms with Gasteiger partial charge in [0.2, 0.25) is 0 Å². The van der Waals surface area contributed by atoms with Gasteiger partial charge in [-0.15, -0.1) is 7.92 Å². The molecule has 0 N–H and O–H groups in total. The van der Waals surface area contributed by atoms with Crippen molar-refractivity contribution in [1.29, 1.82) is 0 Å². The van der Waals surface area contributed by atoms with E-state index in [9.17, 15) is 0 Å². The molecule has 28 heavy (non-hydrogen) atoms. The van der Waals surface area contributed by atoms with Gasteiger partial charge in [0.1, 0.15) is 0 Å². The molecule has 0 aromatic carbocycles. The quantitative estimate of drug-likeness (QED) is 0.460. The van der Waals surface area contributed by atoms with Gasteiger partial charge in [0.15, 0.2) is 12.6 Å². The Bertz CT molecular complexity index is 543. The molecule has 160 valence electrons. The molecule has 3 rings (SSSR count). The van der Waals surface area contributed by atoms with Crippen LogP contribution in [-0.2, 0) is 18.9 Å². The van der Waals surface area contributed by atoms with Crippen LogP contribution in [0.5, 0.6) is 0 Å². The Morgan fingerprint density at radius 3 is 1.79 bits per heavy atom. The van der Waals surface area contributed by atoms with E-state index in [-0.39, 0.29) is 20.5 Å². The number of rotatable bonds is 9. The molecule has 1 unspecified atom stereocenters. The largest absolute Gasteiger partial charge is 0.353 e. The molecule has 0 aromatic rings. The lowest BCUT2D eigenvalue weighted by molar-refractivity contribution is -0.178. The van der Waals surface area contributed by atoms with E-state index in [4.69, 9.17) is 18.9 Å². The van der Waals surface area contributed by atoms with E-state index >= 15 is 0 Å². The van der Waals surface area contributed by atoms with E-state index in [0.717, 1.165) is 52.1 Å². The normalized spacial score (nSPS) is 28.2. The molecule has 3 aliphatic rings. The predicted molar refractivity (Wildman–Crippen MR) is 120 cm³/mol. The van der Waals surface area contributed by atoms with Crippen LogP contribution >= 0.6 is 16.1 Å². The fourth-order valence-electron chi connectivity index (χ4n) is 4.15. The van der Waals surface area contributed by atoms with Crippen LogP contribution in [0.4, 0.5) is 0 Å². The van der Waals surface area contributed by atoms with Crippen LogP contribution in [-0.4, -0.2) is 67.9 Å². The van der Waals surface area contributed by atoms with Gasteiger partial charge >= 0.3 is 0 Å². The average molecular weight is 428 g/mol. The molecule has 6 heteroatoms. The summed E-state index contributed by atoms with van der Waals surface area (Å²) < 4.78 is 23.2. The molecular formula is C22H38O4P2. The first-order chi connectivity index (χ1) is 13.5. The Hall–Kier alpha value is 0.180. The monoisotopic (exact) mass is 428 g/mol. The lowest BCUT2D eigenvalue weighted by Gasteiger charge is -2.30. The fourth-order valence-corrected chi connectivity index (χ4v) is 8.55. The maximum atomic E-state index is 5.79. The van der Waals surface area contributed by atoms with E-state index in [1.807, 2.05) is 0 Å². The smallest absolute Gasteiger partial charge is 0.157 e. The zero-order valence-corrected chi connectivity index (χ0v) is 20.0. The van der Waals surface area contributed by atoms with Crippen molar-refractivity contribution < 1.29 is 18.9 Å². The molecule has 2 fully saturated rings. The minimum atomic E-state index is -0.0623. The fraction of sp³-hybridized carbons (Fsp3) is 0.864. The molecule has 0 aromatic heterocycles. The SMILES string of the molecule is CC1=PC(C)(CCP(CCC2OCCCO2)CCC2OCCCO2)C(C)=C1C. The van der Waals surface area contributed by atoms with Gasteiger partial charge in [0, 0.05) is 18.0 Å². The number of ether oxygens (including phenoxy) is 4. The zero-order chi connectivity index (χ0) is 20.0. The lowest BCUT2D eigenvalue weighted by Crippen LogP contribution is -2.27. The summed E-state index contributed by atoms with van der Waals surface area (Å²) in [5, 5.41) is 1.88. The van der Waals surface area contributed by atoms with Crippen LogP contribution in [0.15, 0.2) is 11.1 Å². The first-order valence-corrected chi connectivity index (χ1v) is 13.7. The van der Waals surface area contributed by atoms with E-state index < -0.39 is 0 Å². The molecule has 4 nitrogen and oxygen atoms in total. The molecule has 0 bridgehead atoms. The van der Waals surface area contributed by atoms with Crippen LogP contribution in [0.3, 0.4) is 0 Å². The molecule has 0 amide bonds. The second-order valence-electron chi connectivity index (χ2n) is 8.44. The standard InChI is InChI=1S/C22H38O4P2/c1-17-18(2)22(4,27-19(17)3)9-16-28(14-7-20-23-10-5-11-24-20)15-8-21-25-12-6-13-26-21/h20-21H,5-16H2,1-4H3. The van der Waals surface area contributed by atoms with Crippen LogP contribution in [0.25, 0.3) is 0 Å². The molecule has 0 aliphatic carbocycles. The highest BCUT2D eigenvalue weighted by Gasteiger charge is 2.32. The zero-order valence-electron chi connectivity index (χ0n) is 18.2. The van der Waals surface area contributed by atoms with Gasteiger partial charge in [-0.05, 0) is 76.3 Å². The Kier molecular flexibility index (Phi) is 8.97. The summed E-state index contributed by atoms with van der Waals surface area (Å²) in [6.45, 7) is 12.8. The number of allylic oxidation sites excluding steroid dienone is 2. The molecule has 0 saturated carbocycles. The van der Waals surface area contributed by atoms with Crippen LogP contribution in [0.2, 0.25) is 0 Å². The summed E-state index contributed by atoms with van der Waals surface area (Å²) in [7, 11) is 1.45.